The van der Waals surface area contributed by atoms with Gasteiger partial charge in [0.15, 0.2) is 0 Å². The molecule has 2 atom stereocenters. The number of rotatable bonds is 4. The Morgan fingerprint density at radius 3 is 2.60 bits per heavy atom. The van der Waals surface area contributed by atoms with Crippen LogP contribution in [0.2, 0.25) is 0 Å². The summed E-state index contributed by atoms with van der Waals surface area (Å²) in [5, 5.41) is 8.97. The topological polar surface area (TPSA) is 72.5 Å². The number of aliphatic hydroxyl groups excluding tert-OH is 1. The molecule has 0 radical (unpaired) electrons. The molecule has 82 valence electrons. The van der Waals surface area contributed by atoms with Crippen molar-refractivity contribution < 1.29 is 14.6 Å². The second-order valence-electron chi connectivity index (χ2n) is 3.37. The zero-order valence-corrected chi connectivity index (χ0v) is 8.59. The van der Waals surface area contributed by atoms with Gasteiger partial charge in [-0.2, -0.15) is 0 Å². The number of ether oxygens (including phenoxy) is 1. The van der Waals surface area contributed by atoms with E-state index in [0.717, 1.165) is 5.56 Å². The molecule has 1 aromatic carbocycles. The molecule has 0 unspecified atom stereocenters. The maximum atomic E-state index is 11.3. The fourth-order valence-electron chi connectivity index (χ4n) is 1.000. The largest absolute Gasteiger partial charge is 0.460 e. The first-order valence-electron chi connectivity index (χ1n) is 4.75. The SMILES string of the molecule is C[C@@H](C(=O)OCc1ccccc1)[C@H](N)O. The highest BCUT2D eigenvalue weighted by Gasteiger charge is 2.19. The van der Waals surface area contributed by atoms with Gasteiger partial charge in [-0.05, 0) is 12.5 Å². The van der Waals surface area contributed by atoms with E-state index < -0.39 is 18.1 Å². The number of aliphatic hydroxyl groups is 1. The lowest BCUT2D eigenvalue weighted by atomic mass is 10.1. The van der Waals surface area contributed by atoms with Crippen LogP contribution in [0.25, 0.3) is 0 Å². The van der Waals surface area contributed by atoms with Gasteiger partial charge in [0, 0.05) is 0 Å². The van der Waals surface area contributed by atoms with Gasteiger partial charge in [0.1, 0.15) is 12.8 Å². The fraction of sp³-hybridized carbons (Fsp3) is 0.364. The molecule has 3 N–H and O–H groups in total. The van der Waals surface area contributed by atoms with E-state index in [-0.39, 0.29) is 6.61 Å². The fourth-order valence-corrected chi connectivity index (χ4v) is 1.000. The molecule has 0 aromatic heterocycles. The van der Waals surface area contributed by atoms with Crippen LogP contribution in [0.5, 0.6) is 0 Å². The molecule has 0 heterocycles. The van der Waals surface area contributed by atoms with Crippen LogP contribution in [0.1, 0.15) is 12.5 Å². The van der Waals surface area contributed by atoms with E-state index in [0.29, 0.717) is 0 Å². The molecule has 0 aliphatic heterocycles. The molecule has 0 fully saturated rings. The van der Waals surface area contributed by atoms with E-state index in [1.165, 1.54) is 6.92 Å². The highest BCUT2D eigenvalue weighted by Crippen LogP contribution is 2.05. The Labute approximate surface area is 88.7 Å². The molecular formula is C11H15NO3. The minimum Gasteiger partial charge on any atom is -0.460 e. The van der Waals surface area contributed by atoms with Gasteiger partial charge in [-0.15, -0.1) is 0 Å². The summed E-state index contributed by atoms with van der Waals surface area (Å²) in [4.78, 5) is 11.3. The minimum absolute atomic E-state index is 0.205. The van der Waals surface area contributed by atoms with E-state index in [1.54, 1.807) is 0 Å². The summed E-state index contributed by atoms with van der Waals surface area (Å²) in [6.07, 6.45) is -1.17. The van der Waals surface area contributed by atoms with Crippen molar-refractivity contribution in [1.82, 2.24) is 0 Å². The highest BCUT2D eigenvalue weighted by atomic mass is 16.5. The molecule has 0 saturated carbocycles. The smallest absolute Gasteiger partial charge is 0.313 e. The predicted octanol–water partition coefficient (Wildman–Crippen LogP) is 0.643. The first kappa shape index (κ1) is 11.7. The summed E-state index contributed by atoms with van der Waals surface area (Å²) in [5.74, 6) is -1.19. The second-order valence-corrected chi connectivity index (χ2v) is 3.37. The Kier molecular flexibility index (Phi) is 4.27. The van der Waals surface area contributed by atoms with Crippen LogP contribution in [0.3, 0.4) is 0 Å². The molecule has 0 saturated heterocycles. The highest BCUT2D eigenvalue weighted by molar-refractivity contribution is 5.72. The molecular weight excluding hydrogens is 194 g/mol. The van der Waals surface area contributed by atoms with Gasteiger partial charge in [-0.1, -0.05) is 30.3 Å². The average Bonchev–Trinajstić information content (AvgIpc) is 2.26. The summed E-state index contributed by atoms with van der Waals surface area (Å²) in [6.45, 7) is 1.73. The molecule has 1 aromatic rings. The van der Waals surface area contributed by atoms with Crippen molar-refractivity contribution >= 4 is 5.97 Å². The van der Waals surface area contributed by atoms with Crippen molar-refractivity contribution in [3.63, 3.8) is 0 Å². The number of carbonyl (C=O) groups excluding carboxylic acids is 1. The van der Waals surface area contributed by atoms with E-state index in [4.69, 9.17) is 15.6 Å². The Balaban J connectivity index is 2.41. The quantitative estimate of drug-likeness (QED) is 0.564. The van der Waals surface area contributed by atoms with Crippen LogP contribution in [-0.2, 0) is 16.1 Å². The first-order chi connectivity index (χ1) is 7.11. The maximum Gasteiger partial charge on any atom is 0.313 e. The summed E-state index contributed by atoms with van der Waals surface area (Å²) in [6, 6.07) is 9.33. The lowest BCUT2D eigenvalue weighted by molar-refractivity contribution is -0.152. The van der Waals surface area contributed by atoms with Crippen molar-refractivity contribution in [2.45, 2.75) is 19.8 Å². The van der Waals surface area contributed by atoms with Crippen molar-refractivity contribution in [1.29, 1.82) is 0 Å². The first-order valence-corrected chi connectivity index (χ1v) is 4.75. The zero-order chi connectivity index (χ0) is 11.3. The van der Waals surface area contributed by atoms with E-state index in [2.05, 4.69) is 0 Å². The number of nitrogens with two attached hydrogens (primary N) is 1. The van der Waals surface area contributed by atoms with Gasteiger partial charge in [0.05, 0.1) is 5.92 Å². The Bertz CT molecular complexity index is 311. The van der Waals surface area contributed by atoms with Gasteiger partial charge in [0.2, 0.25) is 0 Å². The van der Waals surface area contributed by atoms with Crippen LogP contribution in [-0.4, -0.2) is 17.3 Å². The molecule has 0 aliphatic carbocycles. The van der Waals surface area contributed by atoms with Crippen molar-refractivity contribution in [3.8, 4) is 0 Å². The molecule has 0 amide bonds. The molecule has 0 bridgehead atoms. The van der Waals surface area contributed by atoms with Crippen LogP contribution in [0, 0.1) is 5.92 Å². The summed E-state index contributed by atoms with van der Waals surface area (Å²) < 4.78 is 4.97. The average molecular weight is 209 g/mol. The van der Waals surface area contributed by atoms with E-state index >= 15 is 0 Å². The zero-order valence-electron chi connectivity index (χ0n) is 8.59. The van der Waals surface area contributed by atoms with Crippen LogP contribution in [0.15, 0.2) is 30.3 Å². The third-order valence-electron chi connectivity index (χ3n) is 2.11. The summed E-state index contributed by atoms with van der Waals surface area (Å²) >= 11 is 0. The normalized spacial score (nSPS) is 14.3. The Hall–Kier alpha value is -1.39. The van der Waals surface area contributed by atoms with Crippen LogP contribution in [0.4, 0.5) is 0 Å². The second kappa shape index (κ2) is 5.48. The molecule has 4 heteroatoms. The molecule has 4 nitrogen and oxygen atoms in total. The predicted molar refractivity (Wildman–Crippen MR) is 55.6 cm³/mol. The van der Waals surface area contributed by atoms with Gasteiger partial charge >= 0.3 is 5.97 Å². The summed E-state index contributed by atoms with van der Waals surface area (Å²) in [7, 11) is 0. The lowest BCUT2D eigenvalue weighted by Crippen LogP contribution is -2.34. The lowest BCUT2D eigenvalue weighted by Gasteiger charge is -2.13. The minimum atomic E-state index is -1.17. The number of hydrogen-bond acceptors (Lipinski definition) is 4. The molecule has 0 aliphatic rings. The van der Waals surface area contributed by atoms with E-state index in [1.807, 2.05) is 30.3 Å². The van der Waals surface area contributed by atoms with Gasteiger partial charge in [0.25, 0.3) is 0 Å². The molecule has 15 heavy (non-hydrogen) atoms. The van der Waals surface area contributed by atoms with Crippen molar-refractivity contribution in [3.05, 3.63) is 35.9 Å². The van der Waals surface area contributed by atoms with Crippen molar-refractivity contribution in [2.75, 3.05) is 0 Å². The van der Waals surface area contributed by atoms with Crippen molar-refractivity contribution in [2.24, 2.45) is 11.7 Å². The Morgan fingerprint density at radius 1 is 1.47 bits per heavy atom. The number of carbonyl (C=O) groups is 1. The third kappa shape index (κ3) is 3.69. The van der Waals surface area contributed by atoms with Gasteiger partial charge in [-0.3, -0.25) is 4.79 Å². The standard InChI is InChI=1S/C11H15NO3/c1-8(10(12)13)11(14)15-7-9-5-3-2-4-6-9/h2-6,8,10,13H,7,12H2,1H3/t8-,10-/m1/s1. The van der Waals surface area contributed by atoms with Crippen LogP contribution >= 0.6 is 0 Å². The molecule has 1 rings (SSSR count). The van der Waals surface area contributed by atoms with Gasteiger partial charge < -0.3 is 15.6 Å². The number of benzene rings is 1. The third-order valence-corrected chi connectivity index (χ3v) is 2.11. The van der Waals surface area contributed by atoms with Crippen LogP contribution < -0.4 is 5.73 Å². The maximum absolute atomic E-state index is 11.3. The van der Waals surface area contributed by atoms with Gasteiger partial charge in [-0.25, -0.2) is 0 Å². The molecule has 0 spiro atoms. The number of esters is 1. The van der Waals surface area contributed by atoms with E-state index in [9.17, 15) is 4.79 Å². The monoisotopic (exact) mass is 209 g/mol. The summed E-state index contributed by atoms with van der Waals surface area (Å²) in [5.41, 5.74) is 6.07. The Morgan fingerprint density at radius 2 is 2.07 bits per heavy atom. The number of hydrogen-bond donors (Lipinski definition) is 2.